The molecule has 5 heteroatoms. The molecule has 1 aromatic rings. The first-order chi connectivity index (χ1) is 9.48. The van der Waals surface area contributed by atoms with E-state index in [9.17, 15) is 9.90 Å². The van der Waals surface area contributed by atoms with Crippen molar-refractivity contribution in [1.82, 2.24) is 5.32 Å². The van der Waals surface area contributed by atoms with E-state index in [-0.39, 0.29) is 5.91 Å². The standard InChI is InChI=1S/C15H17Cl2NO2/c16-12-5-3-11(9-13(12)17)4-6-14(19)18-10-15(20)7-1-2-8-15/h3-6,9,20H,1-2,7-8,10H2,(H,18,19). The molecule has 0 heterocycles. The second-order valence-electron chi connectivity index (χ2n) is 5.16. The van der Waals surface area contributed by atoms with Crippen molar-refractivity contribution in [1.29, 1.82) is 0 Å². The van der Waals surface area contributed by atoms with Crippen LogP contribution in [-0.4, -0.2) is 23.2 Å². The number of aliphatic hydroxyl groups is 1. The number of amides is 1. The second-order valence-corrected chi connectivity index (χ2v) is 5.97. The van der Waals surface area contributed by atoms with E-state index in [1.807, 2.05) is 0 Å². The van der Waals surface area contributed by atoms with Gasteiger partial charge in [-0.1, -0.05) is 42.1 Å². The molecular formula is C15H17Cl2NO2. The molecule has 20 heavy (non-hydrogen) atoms. The Morgan fingerprint density at radius 3 is 2.65 bits per heavy atom. The Morgan fingerprint density at radius 2 is 2.00 bits per heavy atom. The monoisotopic (exact) mass is 313 g/mol. The number of halogens is 2. The van der Waals surface area contributed by atoms with Crippen molar-refractivity contribution in [3.8, 4) is 0 Å². The van der Waals surface area contributed by atoms with Gasteiger partial charge in [0.25, 0.3) is 0 Å². The van der Waals surface area contributed by atoms with E-state index >= 15 is 0 Å². The summed E-state index contributed by atoms with van der Waals surface area (Å²) in [7, 11) is 0. The van der Waals surface area contributed by atoms with Gasteiger partial charge in [-0.25, -0.2) is 0 Å². The smallest absolute Gasteiger partial charge is 0.244 e. The molecule has 2 N–H and O–H groups in total. The lowest BCUT2D eigenvalue weighted by Gasteiger charge is -2.21. The number of rotatable bonds is 4. The summed E-state index contributed by atoms with van der Waals surface area (Å²) in [4.78, 5) is 11.7. The first-order valence-corrected chi connectivity index (χ1v) is 7.37. The van der Waals surface area contributed by atoms with Crippen LogP contribution in [0.1, 0.15) is 31.2 Å². The highest BCUT2D eigenvalue weighted by Gasteiger charge is 2.30. The lowest BCUT2D eigenvalue weighted by atomic mass is 10.0. The lowest BCUT2D eigenvalue weighted by molar-refractivity contribution is -0.117. The Bertz CT molecular complexity index is 523. The Kier molecular flexibility index (Phi) is 5.08. The normalized spacial score (nSPS) is 17.6. The van der Waals surface area contributed by atoms with Gasteiger partial charge in [-0.15, -0.1) is 0 Å². The van der Waals surface area contributed by atoms with E-state index in [1.54, 1.807) is 24.3 Å². The van der Waals surface area contributed by atoms with Crippen LogP contribution in [0.4, 0.5) is 0 Å². The maximum atomic E-state index is 11.7. The van der Waals surface area contributed by atoms with Crippen LogP contribution in [0.3, 0.4) is 0 Å². The van der Waals surface area contributed by atoms with Gasteiger partial charge in [0.05, 0.1) is 15.6 Å². The van der Waals surface area contributed by atoms with Crippen molar-refractivity contribution in [3.63, 3.8) is 0 Å². The predicted molar refractivity (Wildman–Crippen MR) is 81.9 cm³/mol. The minimum absolute atomic E-state index is 0.226. The van der Waals surface area contributed by atoms with Gasteiger partial charge in [0.15, 0.2) is 0 Å². The van der Waals surface area contributed by atoms with Gasteiger partial charge in [-0.2, -0.15) is 0 Å². The quantitative estimate of drug-likeness (QED) is 0.837. The second kappa shape index (κ2) is 6.61. The molecule has 1 aliphatic carbocycles. The molecular weight excluding hydrogens is 297 g/mol. The van der Waals surface area contributed by atoms with Crippen LogP contribution in [0, 0.1) is 0 Å². The fraction of sp³-hybridized carbons (Fsp3) is 0.400. The van der Waals surface area contributed by atoms with Crippen LogP contribution < -0.4 is 5.32 Å². The first-order valence-electron chi connectivity index (χ1n) is 6.62. The molecule has 108 valence electrons. The van der Waals surface area contributed by atoms with Gasteiger partial charge in [-0.3, -0.25) is 4.79 Å². The van der Waals surface area contributed by atoms with E-state index in [1.165, 1.54) is 6.08 Å². The molecule has 1 amide bonds. The van der Waals surface area contributed by atoms with Gasteiger partial charge < -0.3 is 10.4 Å². The van der Waals surface area contributed by atoms with E-state index in [0.717, 1.165) is 31.2 Å². The summed E-state index contributed by atoms with van der Waals surface area (Å²) in [6.45, 7) is 0.303. The van der Waals surface area contributed by atoms with Crippen molar-refractivity contribution in [2.45, 2.75) is 31.3 Å². The summed E-state index contributed by atoms with van der Waals surface area (Å²) in [6, 6.07) is 5.16. The molecule has 0 atom stereocenters. The molecule has 1 aliphatic rings. The van der Waals surface area contributed by atoms with Crippen LogP contribution in [-0.2, 0) is 4.79 Å². The van der Waals surface area contributed by atoms with Crippen molar-refractivity contribution < 1.29 is 9.90 Å². The first kappa shape index (κ1) is 15.4. The predicted octanol–water partition coefficient (Wildman–Crippen LogP) is 3.43. The third kappa shape index (κ3) is 4.23. The Morgan fingerprint density at radius 1 is 1.30 bits per heavy atom. The number of hydrogen-bond acceptors (Lipinski definition) is 2. The minimum Gasteiger partial charge on any atom is -0.388 e. The highest BCUT2D eigenvalue weighted by molar-refractivity contribution is 6.42. The molecule has 2 rings (SSSR count). The summed E-state index contributed by atoms with van der Waals surface area (Å²) >= 11 is 11.7. The zero-order chi connectivity index (χ0) is 14.6. The molecule has 0 bridgehead atoms. The lowest BCUT2D eigenvalue weighted by Crippen LogP contribution is -2.40. The van der Waals surface area contributed by atoms with E-state index in [4.69, 9.17) is 23.2 Å². The summed E-state index contributed by atoms with van der Waals surface area (Å²) in [5, 5.41) is 13.8. The number of nitrogens with one attached hydrogen (secondary N) is 1. The SMILES string of the molecule is O=C(C=Cc1ccc(Cl)c(Cl)c1)NCC1(O)CCCC1. The molecule has 1 fully saturated rings. The van der Waals surface area contributed by atoms with Crippen LogP contribution in [0.15, 0.2) is 24.3 Å². The Balaban J connectivity index is 1.87. The van der Waals surface area contributed by atoms with Gasteiger partial charge >= 0.3 is 0 Å². The molecule has 0 radical (unpaired) electrons. The molecule has 1 saturated carbocycles. The summed E-state index contributed by atoms with van der Waals surface area (Å²) < 4.78 is 0. The molecule has 0 unspecified atom stereocenters. The fourth-order valence-corrected chi connectivity index (χ4v) is 2.61. The van der Waals surface area contributed by atoms with Crippen molar-refractivity contribution >= 4 is 35.2 Å². The van der Waals surface area contributed by atoms with Gasteiger partial charge in [0.2, 0.25) is 5.91 Å². The van der Waals surface area contributed by atoms with Crippen LogP contribution in [0.25, 0.3) is 6.08 Å². The van der Waals surface area contributed by atoms with Crippen LogP contribution >= 0.6 is 23.2 Å². The number of hydrogen-bond donors (Lipinski definition) is 2. The van der Waals surface area contributed by atoms with Crippen molar-refractivity contribution in [3.05, 3.63) is 39.9 Å². The van der Waals surface area contributed by atoms with Gasteiger partial charge in [0.1, 0.15) is 0 Å². The number of carbonyl (C=O) groups is 1. The van der Waals surface area contributed by atoms with Crippen molar-refractivity contribution in [2.75, 3.05) is 6.54 Å². The van der Waals surface area contributed by atoms with E-state index in [0.29, 0.717) is 16.6 Å². The Hall–Kier alpha value is -1.03. The number of carbonyl (C=O) groups excluding carboxylic acids is 1. The minimum atomic E-state index is -0.729. The van der Waals surface area contributed by atoms with Gasteiger partial charge in [0, 0.05) is 12.6 Å². The maximum Gasteiger partial charge on any atom is 0.244 e. The zero-order valence-electron chi connectivity index (χ0n) is 11.0. The molecule has 3 nitrogen and oxygen atoms in total. The van der Waals surface area contributed by atoms with E-state index in [2.05, 4.69) is 5.32 Å². The third-order valence-electron chi connectivity index (χ3n) is 3.50. The van der Waals surface area contributed by atoms with Crippen LogP contribution in [0.5, 0.6) is 0 Å². The van der Waals surface area contributed by atoms with Gasteiger partial charge in [-0.05, 0) is 36.6 Å². The third-order valence-corrected chi connectivity index (χ3v) is 4.24. The topological polar surface area (TPSA) is 49.3 Å². The zero-order valence-corrected chi connectivity index (χ0v) is 12.5. The summed E-state index contributed by atoms with van der Waals surface area (Å²) in [5.41, 5.74) is 0.0710. The van der Waals surface area contributed by atoms with E-state index < -0.39 is 5.60 Å². The highest BCUT2D eigenvalue weighted by atomic mass is 35.5. The average molecular weight is 314 g/mol. The Labute approximate surface area is 128 Å². The molecule has 0 aromatic heterocycles. The fourth-order valence-electron chi connectivity index (χ4n) is 2.31. The molecule has 0 aliphatic heterocycles. The molecule has 0 spiro atoms. The largest absolute Gasteiger partial charge is 0.388 e. The average Bonchev–Trinajstić information content (AvgIpc) is 2.85. The molecule has 1 aromatic carbocycles. The summed E-state index contributed by atoms with van der Waals surface area (Å²) in [6.07, 6.45) is 6.64. The summed E-state index contributed by atoms with van der Waals surface area (Å²) in [5.74, 6) is -0.226. The van der Waals surface area contributed by atoms with Crippen LogP contribution in [0.2, 0.25) is 10.0 Å². The number of benzene rings is 1. The highest BCUT2D eigenvalue weighted by Crippen LogP contribution is 2.28. The van der Waals surface area contributed by atoms with Crippen molar-refractivity contribution in [2.24, 2.45) is 0 Å². The maximum absolute atomic E-state index is 11.7. The molecule has 0 saturated heterocycles.